The van der Waals surface area contributed by atoms with Gasteiger partial charge in [-0.1, -0.05) is 0 Å². The summed E-state index contributed by atoms with van der Waals surface area (Å²) in [5, 5.41) is 9.08. The van der Waals surface area contributed by atoms with E-state index in [0.717, 1.165) is 18.5 Å². The lowest BCUT2D eigenvalue weighted by Crippen LogP contribution is -2.19. The third-order valence-electron chi connectivity index (χ3n) is 4.21. The summed E-state index contributed by atoms with van der Waals surface area (Å²) >= 11 is 1.35. The summed E-state index contributed by atoms with van der Waals surface area (Å²) in [7, 11) is -3.01. The lowest BCUT2D eigenvalue weighted by molar-refractivity contribution is 0.102. The van der Waals surface area contributed by atoms with E-state index in [-0.39, 0.29) is 23.5 Å². The van der Waals surface area contributed by atoms with E-state index >= 15 is 0 Å². The van der Waals surface area contributed by atoms with Gasteiger partial charge in [0.15, 0.2) is 9.84 Å². The standard InChI is InChI=1S/C14H16N4O3S2/c19-14(12-6-22-8-15-12)16-13-5-11(9-1-2-9)17-18(13)10-3-4-23(20,21)7-10/h5-6,8-10H,1-4,7H2,(H,16,19). The molecular weight excluding hydrogens is 336 g/mol. The lowest BCUT2D eigenvalue weighted by atomic mass is 10.2. The number of hydrogen-bond acceptors (Lipinski definition) is 6. The van der Waals surface area contributed by atoms with Gasteiger partial charge in [-0.15, -0.1) is 11.3 Å². The van der Waals surface area contributed by atoms with Crippen LogP contribution in [0.3, 0.4) is 0 Å². The van der Waals surface area contributed by atoms with E-state index in [9.17, 15) is 13.2 Å². The maximum Gasteiger partial charge on any atom is 0.276 e. The fraction of sp³-hybridized carbons (Fsp3) is 0.500. The molecule has 1 aliphatic heterocycles. The maximum absolute atomic E-state index is 12.2. The molecule has 2 aliphatic rings. The summed E-state index contributed by atoms with van der Waals surface area (Å²) in [4.78, 5) is 16.2. The van der Waals surface area contributed by atoms with Crippen molar-refractivity contribution in [3.63, 3.8) is 0 Å². The number of nitrogens with zero attached hydrogens (tertiary/aromatic N) is 3. The smallest absolute Gasteiger partial charge is 0.276 e. The molecule has 2 aromatic rings. The molecule has 0 radical (unpaired) electrons. The molecule has 2 fully saturated rings. The molecule has 1 atom stereocenters. The number of hydrogen-bond donors (Lipinski definition) is 1. The van der Waals surface area contributed by atoms with Crippen molar-refractivity contribution in [2.75, 3.05) is 16.8 Å². The molecule has 3 heterocycles. The minimum atomic E-state index is -3.01. The molecule has 9 heteroatoms. The van der Waals surface area contributed by atoms with Gasteiger partial charge in [0.25, 0.3) is 5.91 Å². The quantitative estimate of drug-likeness (QED) is 0.906. The van der Waals surface area contributed by atoms with Crippen LogP contribution in [0.4, 0.5) is 5.82 Å². The molecule has 2 aromatic heterocycles. The molecule has 122 valence electrons. The van der Waals surface area contributed by atoms with Crippen molar-refractivity contribution < 1.29 is 13.2 Å². The van der Waals surface area contributed by atoms with Gasteiger partial charge in [0.2, 0.25) is 0 Å². The van der Waals surface area contributed by atoms with E-state index in [1.807, 2.05) is 6.07 Å². The van der Waals surface area contributed by atoms with Crippen LogP contribution >= 0.6 is 11.3 Å². The van der Waals surface area contributed by atoms with Crippen LogP contribution in [-0.2, 0) is 9.84 Å². The lowest BCUT2D eigenvalue weighted by Gasteiger charge is -2.13. The summed E-state index contributed by atoms with van der Waals surface area (Å²) < 4.78 is 25.2. The number of sulfone groups is 1. The van der Waals surface area contributed by atoms with Crippen LogP contribution in [0.5, 0.6) is 0 Å². The number of carbonyl (C=O) groups excluding carboxylic acids is 1. The molecule has 1 amide bonds. The summed E-state index contributed by atoms with van der Waals surface area (Å²) in [6, 6.07) is 1.66. The van der Waals surface area contributed by atoms with Crippen molar-refractivity contribution in [3.05, 3.63) is 28.3 Å². The van der Waals surface area contributed by atoms with Crippen LogP contribution in [0.2, 0.25) is 0 Å². The van der Waals surface area contributed by atoms with Gasteiger partial charge in [0.1, 0.15) is 11.5 Å². The minimum Gasteiger partial charge on any atom is -0.305 e. The number of nitrogens with one attached hydrogen (secondary N) is 1. The Labute approximate surface area is 137 Å². The number of rotatable bonds is 4. The van der Waals surface area contributed by atoms with E-state index in [0.29, 0.717) is 23.9 Å². The number of anilines is 1. The number of carbonyl (C=O) groups is 1. The molecular formula is C14H16N4O3S2. The second-order valence-electron chi connectivity index (χ2n) is 6.06. The Morgan fingerprint density at radius 1 is 1.35 bits per heavy atom. The Kier molecular flexibility index (Phi) is 3.49. The van der Waals surface area contributed by atoms with Gasteiger partial charge in [-0.2, -0.15) is 5.10 Å². The first-order valence-corrected chi connectivity index (χ1v) is 10.3. The Bertz CT molecular complexity index is 838. The van der Waals surface area contributed by atoms with Crippen molar-refractivity contribution in [1.29, 1.82) is 0 Å². The molecule has 23 heavy (non-hydrogen) atoms. The molecule has 1 saturated heterocycles. The second kappa shape index (κ2) is 5.41. The summed E-state index contributed by atoms with van der Waals surface area (Å²) in [5.74, 6) is 0.959. The Morgan fingerprint density at radius 2 is 2.17 bits per heavy atom. The maximum atomic E-state index is 12.2. The highest BCUT2D eigenvalue weighted by Gasteiger charge is 2.34. The zero-order chi connectivity index (χ0) is 16.0. The predicted molar refractivity (Wildman–Crippen MR) is 86.6 cm³/mol. The number of amides is 1. The second-order valence-corrected chi connectivity index (χ2v) is 9.01. The molecule has 1 unspecified atom stereocenters. The molecule has 7 nitrogen and oxygen atoms in total. The highest BCUT2D eigenvalue weighted by molar-refractivity contribution is 7.91. The van der Waals surface area contributed by atoms with Gasteiger partial charge < -0.3 is 5.32 Å². The molecule has 0 bridgehead atoms. The molecule has 1 saturated carbocycles. The van der Waals surface area contributed by atoms with Crippen molar-refractivity contribution in [2.45, 2.75) is 31.2 Å². The third kappa shape index (κ3) is 3.02. The molecule has 0 spiro atoms. The largest absolute Gasteiger partial charge is 0.305 e. The molecule has 0 aromatic carbocycles. The van der Waals surface area contributed by atoms with Crippen LogP contribution < -0.4 is 5.32 Å². The Morgan fingerprint density at radius 3 is 2.78 bits per heavy atom. The molecule has 1 aliphatic carbocycles. The van der Waals surface area contributed by atoms with E-state index in [1.54, 1.807) is 15.6 Å². The van der Waals surface area contributed by atoms with Crippen LogP contribution in [0.15, 0.2) is 17.0 Å². The number of thiazole rings is 1. The van der Waals surface area contributed by atoms with E-state index in [1.165, 1.54) is 11.3 Å². The highest BCUT2D eigenvalue weighted by atomic mass is 32.2. The summed E-state index contributed by atoms with van der Waals surface area (Å²) in [6.45, 7) is 0. The van der Waals surface area contributed by atoms with Crippen LogP contribution in [0.25, 0.3) is 0 Å². The molecule has 4 rings (SSSR count). The summed E-state index contributed by atoms with van der Waals surface area (Å²) in [6.07, 6.45) is 2.73. The zero-order valence-corrected chi connectivity index (χ0v) is 13.9. The fourth-order valence-corrected chi connectivity index (χ4v) is 5.06. The minimum absolute atomic E-state index is 0.0817. The van der Waals surface area contributed by atoms with Gasteiger partial charge in [-0.05, 0) is 19.3 Å². The van der Waals surface area contributed by atoms with E-state index in [4.69, 9.17) is 0 Å². The summed E-state index contributed by atoms with van der Waals surface area (Å²) in [5.41, 5.74) is 2.89. The molecule has 1 N–H and O–H groups in total. The predicted octanol–water partition coefficient (Wildman–Crippen LogP) is 1.83. The zero-order valence-electron chi connectivity index (χ0n) is 12.3. The van der Waals surface area contributed by atoms with Crippen molar-refractivity contribution >= 4 is 32.9 Å². The average molecular weight is 352 g/mol. The third-order valence-corrected chi connectivity index (χ3v) is 6.55. The first-order chi connectivity index (χ1) is 11.0. The van der Waals surface area contributed by atoms with Gasteiger partial charge in [0.05, 0.1) is 28.8 Å². The Balaban J connectivity index is 1.63. The van der Waals surface area contributed by atoms with E-state index < -0.39 is 9.84 Å². The monoisotopic (exact) mass is 352 g/mol. The van der Waals surface area contributed by atoms with Gasteiger partial charge in [-0.25, -0.2) is 18.1 Å². The number of aromatic nitrogens is 3. The topological polar surface area (TPSA) is 94.0 Å². The average Bonchev–Trinajstić information content (AvgIpc) is 2.92. The Hall–Kier alpha value is -1.74. The van der Waals surface area contributed by atoms with Crippen molar-refractivity contribution in [3.8, 4) is 0 Å². The first kappa shape index (κ1) is 14.8. The highest BCUT2D eigenvalue weighted by Crippen LogP contribution is 2.41. The first-order valence-electron chi connectivity index (χ1n) is 7.51. The van der Waals surface area contributed by atoms with Crippen molar-refractivity contribution in [1.82, 2.24) is 14.8 Å². The van der Waals surface area contributed by atoms with Gasteiger partial charge in [-0.3, -0.25) is 4.79 Å². The van der Waals surface area contributed by atoms with Crippen LogP contribution in [0, 0.1) is 0 Å². The van der Waals surface area contributed by atoms with Gasteiger partial charge in [0, 0.05) is 17.4 Å². The SMILES string of the molecule is O=C(Nc1cc(C2CC2)nn1C1CCS(=O)(=O)C1)c1cscn1. The fourth-order valence-electron chi connectivity index (χ4n) is 2.84. The normalized spacial score (nSPS) is 23.0. The van der Waals surface area contributed by atoms with Crippen molar-refractivity contribution in [2.24, 2.45) is 0 Å². The van der Waals surface area contributed by atoms with Gasteiger partial charge >= 0.3 is 0 Å². The van der Waals surface area contributed by atoms with Crippen LogP contribution in [0.1, 0.15) is 47.4 Å². The van der Waals surface area contributed by atoms with Crippen LogP contribution in [-0.4, -0.2) is 40.6 Å². The van der Waals surface area contributed by atoms with E-state index in [2.05, 4.69) is 15.4 Å².